The van der Waals surface area contributed by atoms with Gasteiger partial charge in [0.15, 0.2) is 12.4 Å². The number of ether oxygens (including phenoxy) is 2. The molecular formula is C20H19NO4. The van der Waals surface area contributed by atoms with E-state index >= 15 is 0 Å². The molecule has 0 fully saturated rings. The summed E-state index contributed by atoms with van der Waals surface area (Å²) >= 11 is 0. The number of benzene rings is 2. The smallest absolute Gasteiger partial charge is 0.258 e. The summed E-state index contributed by atoms with van der Waals surface area (Å²) in [6, 6.07) is 14.0. The molecule has 5 nitrogen and oxygen atoms in total. The van der Waals surface area contributed by atoms with Gasteiger partial charge in [-0.05, 0) is 49.4 Å². The van der Waals surface area contributed by atoms with Gasteiger partial charge in [-0.2, -0.15) is 0 Å². The van der Waals surface area contributed by atoms with Crippen LogP contribution in [0, 0.1) is 0 Å². The van der Waals surface area contributed by atoms with Crippen molar-refractivity contribution in [1.82, 2.24) is 4.57 Å². The van der Waals surface area contributed by atoms with Crippen LogP contribution in [0.25, 0.3) is 10.8 Å². The maximum absolute atomic E-state index is 12.4. The quantitative estimate of drug-likeness (QED) is 0.648. The van der Waals surface area contributed by atoms with Crippen LogP contribution in [0.3, 0.4) is 0 Å². The minimum Gasteiger partial charge on any atom is -0.497 e. The average Bonchev–Trinajstić information content (AvgIpc) is 2.66. The molecule has 1 heterocycles. The van der Waals surface area contributed by atoms with Crippen molar-refractivity contribution in [2.24, 2.45) is 0 Å². The van der Waals surface area contributed by atoms with Gasteiger partial charge in [-0.25, -0.2) is 0 Å². The zero-order valence-electron chi connectivity index (χ0n) is 14.2. The Morgan fingerprint density at radius 1 is 1.04 bits per heavy atom. The van der Waals surface area contributed by atoms with Crippen molar-refractivity contribution in [3.05, 3.63) is 70.6 Å². The highest BCUT2D eigenvalue weighted by molar-refractivity contribution is 5.97. The fraction of sp³-hybridized carbons (Fsp3) is 0.200. The monoisotopic (exact) mass is 337 g/mol. The van der Waals surface area contributed by atoms with Gasteiger partial charge < -0.3 is 14.0 Å². The van der Waals surface area contributed by atoms with Gasteiger partial charge in [0.2, 0.25) is 0 Å². The van der Waals surface area contributed by atoms with Gasteiger partial charge in [-0.15, -0.1) is 0 Å². The Morgan fingerprint density at radius 3 is 2.48 bits per heavy atom. The van der Waals surface area contributed by atoms with Gasteiger partial charge in [0.05, 0.1) is 12.5 Å². The molecule has 128 valence electrons. The molecule has 25 heavy (non-hydrogen) atoms. The summed E-state index contributed by atoms with van der Waals surface area (Å²) in [6.45, 7) is 2.43. The number of rotatable bonds is 6. The van der Waals surface area contributed by atoms with E-state index in [1.165, 1.54) is 0 Å². The summed E-state index contributed by atoms with van der Waals surface area (Å²) in [6.07, 6.45) is 1.74. The molecule has 0 aliphatic carbocycles. The SMILES string of the molecule is CCn1ccc2c(OCC(=O)c3ccc(OC)cc3)cccc2c1=O. The maximum atomic E-state index is 12.4. The molecule has 0 saturated carbocycles. The van der Waals surface area contributed by atoms with E-state index in [9.17, 15) is 9.59 Å². The Bertz CT molecular complexity index is 958. The normalized spacial score (nSPS) is 10.6. The van der Waals surface area contributed by atoms with E-state index in [0.29, 0.717) is 34.4 Å². The molecule has 0 atom stereocenters. The Morgan fingerprint density at radius 2 is 1.80 bits per heavy atom. The largest absolute Gasteiger partial charge is 0.497 e. The van der Waals surface area contributed by atoms with E-state index in [2.05, 4.69) is 0 Å². The molecule has 1 aromatic heterocycles. The van der Waals surface area contributed by atoms with Crippen molar-refractivity contribution in [2.75, 3.05) is 13.7 Å². The summed E-state index contributed by atoms with van der Waals surface area (Å²) < 4.78 is 12.4. The van der Waals surface area contributed by atoms with E-state index in [-0.39, 0.29) is 17.9 Å². The van der Waals surface area contributed by atoms with E-state index in [4.69, 9.17) is 9.47 Å². The molecule has 0 amide bonds. The van der Waals surface area contributed by atoms with E-state index in [1.54, 1.807) is 60.3 Å². The lowest BCUT2D eigenvalue weighted by atomic mass is 10.1. The van der Waals surface area contributed by atoms with Crippen molar-refractivity contribution >= 4 is 16.6 Å². The van der Waals surface area contributed by atoms with Crippen LogP contribution in [0.15, 0.2) is 59.5 Å². The number of hydrogen-bond donors (Lipinski definition) is 0. The Kier molecular flexibility index (Phi) is 4.84. The highest BCUT2D eigenvalue weighted by atomic mass is 16.5. The fourth-order valence-electron chi connectivity index (χ4n) is 2.67. The average molecular weight is 337 g/mol. The van der Waals surface area contributed by atoms with Crippen molar-refractivity contribution in [3.8, 4) is 11.5 Å². The van der Waals surface area contributed by atoms with Gasteiger partial charge >= 0.3 is 0 Å². The van der Waals surface area contributed by atoms with Crippen LogP contribution in [-0.2, 0) is 6.54 Å². The summed E-state index contributed by atoms with van der Waals surface area (Å²) in [4.78, 5) is 24.6. The van der Waals surface area contributed by atoms with Gasteiger partial charge in [-0.3, -0.25) is 9.59 Å². The number of carbonyl (C=O) groups excluding carboxylic acids is 1. The minimum atomic E-state index is -0.137. The van der Waals surface area contributed by atoms with Crippen LogP contribution in [0.2, 0.25) is 0 Å². The third-order valence-corrected chi connectivity index (χ3v) is 4.09. The van der Waals surface area contributed by atoms with E-state index in [0.717, 1.165) is 0 Å². The molecule has 0 N–H and O–H groups in total. The molecule has 0 spiro atoms. The third-order valence-electron chi connectivity index (χ3n) is 4.09. The molecular weight excluding hydrogens is 318 g/mol. The lowest BCUT2D eigenvalue weighted by molar-refractivity contribution is 0.0922. The Hall–Kier alpha value is -3.08. The fourth-order valence-corrected chi connectivity index (χ4v) is 2.67. The summed E-state index contributed by atoms with van der Waals surface area (Å²) in [7, 11) is 1.58. The number of Topliss-reactive ketones (excluding diaryl/α,β-unsaturated/α-hetero) is 1. The van der Waals surface area contributed by atoms with Gasteiger partial charge in [0, 0.05) is 23.7 Å². The maximum Gasteiger partial charge on any atom is 0.258 e. The number of carbonyl (C=O) groups is 1. The number of hydrogen-bond acceptors (Lipinski definition) is 4. The van der Waals surface area contributed by atoms with Gasteiger partial charge in [0.25, 0.3) is 5.56 Å². The number of methoxy groups -OCH3 is 1. The van der Waals surface area contributed by atoms with Crippen LogP contribution in [0.4, 0.5) is 0 Å². The second-order valence-electron chi connectivity index (χ2n) is 5.56. The second-order valence-corrected chi connectivity index (χ2v) is 5.56. The third kappa shape index (κ3) is 3.40. The van der Waals surface area contributed by atoms with Gasteiger partial charge in [-0.1, -0.05) is 6.07 Å². The highest BCUT2D eigenvalue weighted by Gasteiger charge is 2.10. The number of nitrogens with zero attached hydrogens (tertiary/aromatic N) is 1. The first-order valence-corrected chi connectivity index (χ1v) is 8.06. The van der Waals surface area contributed by atoms with Crippen LogP contribution in [-0.4, -0.2) is 24.1 Å². The first-order chi connectivity index (χ1) is 12.1. The molecule has 3 rings (SSSR count). The minimum absolute atomic E-state index is 0.0630. The van der Waals surface area contributed by atoms with Crippen molar-refractivity contribution in [1.29, 1.82) is 0 Å². The standard InChI is InChI=1S/C20H19NO4/c1-3-21-12-11-16-17(20(21)23)5-4-6-19(16)25-13-18(22)14-7-9-15(24-2)10-8-14/h4-12H,3,13H2,1-2H3. The molecule has 0 aliphatic rings. The van der Waals surface area contributed by atoms with Crippen molar-refractivity contribution in [3.63, 3.8) is 0 Å². The molecule has 0 saturated heterocycles. The number of ketones is 1. The molecule has 5 heteroatoms. The second kappa shape index (κ2) is 7.21. The summed E-state index contributed by atoms with van der Waals surface area (Å²) in [5.41, 5.74) is 0.487. The molecule has 0 aliphatic heterocycles. The first kappa shape index (κ1) is 16.8. The highest BCUT2D eigenvalue weighted by Crippen LogP contribution is 2.23. The van der Waals surface area contributed by atoms with Crippen molar-refractivity contribution < 1.29 is 14.3 Å². The summed E-state index contributed by atoms with van der Waals surface area (Å²) in [5.74, 6) is 1.08. The zero-order valence-corrected chi connectivity index (χ0v) is 14.2. The Labute approximate surface area is 145 Å². The molecule has 0 bridgehead atoms. The summed E-state index contributed by atoms with van der Waals surface area (Å²) in [5, 5.41) is 1.29. The Balaban J connectivity index is 1.82. The molecule has 2 aromatic carbocycles. The van der Waals surface area contributed by atoms with Crippen LogP contribution < -0.4 is 15.0 Å². The van der Waals surface area contributed by atoms with Crippen molar-refractivity contribution in [2.45, 2.75) is 13.5 Å². The van der Waals surface area contributed by atoms with E-state index in [1.807, 2.05) is 13.0 Å². The number of pyridine rings is 1. The first-order valence-electron chi connectivity index (χ1n) is 8.06. The number of aromatic nitrogens is 1. The topological polar surface area (TPSA) is 57.5 Å². The zero-order chi connectivity index (χ0) is 17.8. The lowest BCUT2D eigenvalue weighted by Crippen LogP contribution is -2.18. The molecule has 0 unspecified atom stereocenters. The predicted molar refractivity (Wildman–Crippen MR) is 96.7 cm³/mol. The van der Waals surface area contributed by atoms with Crippen LogP contribution in [0.5, 0.6) is 11.5 Å². The predicted octanol–water partition coefficient (Wildman–Crippen LogP) is 3.29. The number of aryl methyl sites for hydroxylation is 1. The number of fused-ring (bicyclic) bond motifs is 1. The molecule has 3 aromatic rings. The van der Waals surface area contributed by atoms with Gasteiger partial charge in [0.1, 0.15) is 11.5 Å². The van der Waals surface area contributed by atoms with Crippen LogP contribution in [0.1, 0.15) is 17.3 Å². The van der Waals surface area contributed by atoms with E-state index < -0.39 is 0 Å². The van der Waals surface area contributed by atoms with Crippen LogP contribution >= 0.6 is 0 Å². The molecule has 0 radical (unpaired) electrons. The lowest BCUT2D eigenvalue weighted by Gasteiger charge is -2.10.